The zero-order chi connectivity index (χ0) is 12.8. The lowest BCUT2D eigenvalue weighted by molar-refractivity contribution is 0.303. The molecule has 0 atom stereocenters. The Morgan fingerprint density at radius 1 is 1.33 bits per heavy atom. The highest BCUT2D eigenvalue weighted by Crippen LogP contribution is 2.22. The highest BCUT2D eigenvalue weighted by atomic mass is 35.5. The minimum atomic E-state index is 0.752. The molecule has 0 saturated heterocycles. The quantitative estimate of drug-likeness (QED) is 0.788. The summed E-state index contributed by atoms with van der Waals surface area (Å²) < 4.78 is 5.76. The molecule has 0 unspecified atom stereocenters. The summed E-state index contributed by atoms with van der Waals surface area (Å²) >= 11 is 5.91. The summed E-state index contributed by atoms with van der Waals surface area (Å²) in [7, 11) is 0. The number of hydrogen-bond donors (Lipinski definition) is 1. The molecule has 0 spiro atoms. The van der Waals surface area contributed by atoms with Crippen LogP contribution in [0.2, 0.25) is 5.02 Å². The zero-order valence-electron chi connectivity index (χ0n) is 11.0. The molecule has 1 N–H and O–H groups in total. The van der Waals surface area contributed by atoms with Crippen molar-refractivity contribution in [3.05, 3.63) is 28.8 Å². The van der Waals surface area contributed by atoms with E-state index in [4.69, 9.17) is 16.3 Å². The summed E-state index contributed by atoms with van der Waals surface area (Å²) in [4.78, 5) is 0. The van der Waals surface area contributed by atoms with Crippen molar-refractivity contribution in [1.29, 1.82) is 0 Å². The van der Waals surface area contributed by atoms with Gasteiger partial charge in [-0.1, -0.05) is 24.4 Å². The molecule has 0 aromatic heterocycles. The summed E-state index contributed by atoms with van der Waals surface area (Å²) in [6.45, 7) is 3.84. The van der Waals surface area contributed by atoms with Gasteiger partial charge in [-0.3, -0.25) is 0 Å². The Morgan fingerprint density at radius 3 is 2.83 bits per heavy atom. The topological polar surface area (TPSA) is 21.3 Å². The predicted molar refractivity (Wildman–Crippen MR) is 76.6 cm³/mol. The number of nitrogens with one attached hydrogen (secondary N) is 1. The van der Waals surface area contributed by atoms with Crippen molar-refractivity contribution >= 4 is 11.6 Å². The third-order valence-corrected chi connectivity index (χ3v) is 3.74. The van der Waals surface area contributed by atoms with Crippen molar-refractivity contribution in [2.24, 2.45) is 0 Å². The first-order valence-electron chi connectivity index (χ1n) is 6.88. The summed E-state index contributed by atoms with van der Waals surface area (Å²) in [6.07, 6.45) is 6.52. The van der Waals surface area contributed by atoms with Crippen LogP contribution in [0, 0.1) is 6.92 Å². The van der Waals surface area contributed by atoms with Crippen LogP contribution in [0.4, 0.5) is 0 Å². The van der Waals surface area contributed by atoms with Crippen molar-refractivity contribution in [1.82, 2.24) is 5.32 Å². The van der Waals surface area contributed by atoms with Crippen molar-refractivity contribution in [3.63, 3.8) is 0 Å². The molecule has 1 saturated carbocycles. The van der Waals surface area contributed by atoms with Crippen LogP contribution >= 0.6 is 11.6 Å². The molecule has 0 aliphatic heterocycles. The molecule has 3 heteroatoms. The van der Waals surface area contributed by atoms with Crippen LogP contribution < -0.4 is 10.1 Å². The molecule has 1 aliphatic carbocycles. The van der Waals surface area contributed by atoms with Gasteiger partial charge in [-0.25, -0.2) is 0 Å². The van der Waals surface area contributed by atoms with Gasteiger partial charge in [0, 0.05) is 11.1 Å². The van der Waals surface area contributed by atoms with E-state index in [1.807, 2.05) is 25.1 Å². The zero-order valence-corrected chi connectivity index (χ0v) is 11.8. The molecule has 1 aromatic carbocycles. The first kappa shape index (κ1) is 13.7. The normalized spacial score (nSPS) is 16.1. The molecule has 2 nitrogen and oxygen atoms in total. The van der Waals surface area contributed by atoms with E-state index in [-0.39, 0.29) is 0 Å². The predicted octanol–water partition coefficient (Wildman–Crippen LogP) is 3.95. The van der Waals surface area contributed by atoms with Crippen LogP contribution in [0.15, 0.2) is 18.2 Å². The fourth-order valence-electron chi connectivity index (χ4n) is 2.47. The van der Waals surface area contributed by atoms with Gasteiger partial charge in [-0.15, -0.1) is 0 Å². The Bertz CT molecular complexity index is 375. The van der Waals surface area contributed by atoms with E-state index in [2.05, 4.69) is 5.32 Å². The Kier molecular flexibility index (Phi) is 5.33. The van der Waals surface area contributed by atoms with Gasteiger partial charge in [0.1, 0.15) is 5.75 Å². The first-order chi connectivity index (χ1) is 8.75. The van der Waals surface area contributed by atoms with Crippen molar-refractivity contribution < 1.29 is 4.74 Å². The Labute approximate surface area is 115 Å². The molecular formula is C15H22ClNO. The number of benzene rings is 1. The minimum absolute atomic E-state index is 0.752. The van der Waals surface area contributed by atoms with Gasteiger partial charge in [0.25, 0.3) is 0 Å². The van der Waals surface area contributed by atoms with Gasteiger partial charge in [0.15, 0.2) is 0 Å². The maximum absolute atomic E-state index is 5.91. The van der Waals surface area contributed by atoms with Crippen molar-refractivity contribution in [3.8, 4) is 5.75 Å². The van der Waals surface area contributed by atoms with Gasteiger partial charge in [-0.05, 0) is 56.5 Å². The van der Waals surface area contributed by atoms with Crippen LogP contribution in [0.25, 0.3) is 0 Å². The monoisotopic (exact) mass is 267 g/mol. The fourth-order valence-corrected chi connectivity index (χ4v) is 2.69. The summed E-state index contributed by atoms with van der Waals surface area (Å²) in [5.41, 5.74) is 1.10. The highest BCUT2D eigenvalue weighted by Gasteiger charge is 2.13. The summed E-state index contributed by atoms with van der Waals surface area (Å²) in [6, 6.07) is 6.51. The number of hydrogen-bond acceptors (Lipinski definition) is 2. The molecule has 1 aliphatic rings. The van der Waals surface area contributed by atoms with E-state index in [0.717, 1.165) is 41.9 Å². The van der Waals surface area contributed by atoms with Crippen LogP contribution in [0.5, 0.6) is 5.75 Å². The Hall–Kier alpha value is -0.730. The third-order valence-electron chi connectivity index (χ3n) is 3.50. The van der Waals surface area contributed by atoms with E-state index in [0.29, 0.717) is 0 Å². The van der Waals surface area contributed by atoms with Crippen LogP contribution in [-0.4, -0.2) is 19.2 Å². The SMILES string of the molecule is Cc1cc(Cl)ccc1OCCCNC1CCCC1. The largest absolute Gasteiger partial charge is 0.493 e. The first-order valence-corrected chi connectivity index (χ1v) is 7.26. The van der Waals surface area contributed by atoms with E-state index in [1.165, 1.54) is 25.7 Å². The molecule has 0 radical (unpaired) electrons. The Morgan fingerprint density at radius 2 is 2.11 bits per heavy atom. The number of aryl methyl sites for hydroxylation is 1. The van der Waals surface area contributed by atoms with E-state index >= 15 is 0 Å². The fraction of sp³-hybridized carbons (Fsp3) is 0.600. The molecule has 18 heavy (non-hydrogen) atoms. The molecule has 0 bridgehead atoms. The Balaban J connectivity index is 1.62. The number of halogens is 1. The maximum atomic E-state index is 5.91. The molecule has 1 fully saturated rings. The maximum Gasteiger partial charge on any atom is 0.122 e. The number of ether oxygens (including phenoxy) is 1. The lowest BCUT2D eigenvalue weighted by Crippen LogP contribution is -2.27. The molecule has 0 heterocycles. The molecule has 2 rings (SSSR count). The second-order valence-electron chi connectivity index (χ2n) is 5.05. The van der Waals surface area contributed by atoms with Crippen molar-refractivity contribution in [2.75, 3.05) is 13.2 Å². The van der Waals surface area contributed by atoms with Gasteiger partial charge in [-0.2, -0.15) is 0 Å². The molecule has 100 valence electrons. The second kappa shape index (κ2) is 7.01. The van der Waals surface area contributed by atoms with Crippen molar-refractivity contribution in [2.45, 2.75) is 45.1 Å². The lowest BCUT2D eigenvalue weighted by atomic mass is 10.2. The average molecular weight is 268 g/mol. The van der Waals surface area contributed by atoms with Crippen LogP contribution in [0.1, 0.15) is 37.7 Å². The minimum Gasteiger partial charge on any atom is -0.493 e. The van der Waals surface area contributed by atoms with E-state index in [1.54, 1.807) is 0 Å². The lowest BCUT2D eigenvalue weighted by Gasteiger charge is -2.12. The van der Waals surface area contributed by atoms with Gasteiger partial charge in [0.05, 0.1) is 6.61 Å². The van der Waals surface area contributed by atoms with Crippen LogP contribution in [-0.2, 0) is 0 Å². The van der Waals surface area contributed by atoms with Gasteiger partial charge < -0.3 is 10.1 Å². The molecule has 0 amide bonds. The average Bonchev–Trinajstić information content (AvgIpc) is 2.84. The molecule has 1 aromatic rings. The van der Waals surface area contributed by atoms with Gasteiger partial charge in [0.2, 0.25) is 0 Å². The second-order valence-corrected chi connectivity index (χ2v) is 5.48. The van der Waals surface area contributed by atoms with Gasteiger partial charge >= 0.3 is 0 Å². The standard InChI is InChI=1S/C15H22ClNO/c1-12-11-13(16)7-8-15(12)18-10-4-9-17-14-5-2-3-6-14/h7-8,11,14,17H,2-6,9-10H2,1H3. The van der Waals surface area contributed by atoms with E-state index < -0.39 is 0 Å². The third kappa shape index (κ3) is 4.18. The number of rotatable bonds is 6. The summed E-state index contributed by atoms with van der Waals surface area (Å²) in [5, 5.41) is 4.36. The smallest absolute Gasteiger partial charge is 0.122 e. The summed E-state index contributed by atoms with van der Waals surface area (Å²) in [5.74, 6) is 0.945. The van der Waals surface area contributed by atoms with Crippen LogP contribution in [0.3, 0.4) is 0 Å². The molecular weight excluding hydrogens is 246 g/mol. The highest BCUT2D eigenvalue weighted by molar-refractivity contribution is 6.30. The van der Waals surface area contributed by atoms with E-state index in [9.17, 15) is 0 Å².